The van der Waals surface area contributed by atoms with Crippen molar-refractivity contribution in [2.75, 3.05) is 44.7 Å². The van der Waals surface area contributed by atoms with Gasteiger partial charge in [0.2, 0.25) is 5.91 Å². The molecule has 0 spiro atoms. The van der Waals surface area contributed by atoms with Gasteiger partial charge < -0.3 is 19.9 Å². The Bertz CT molecular complexity index is 894. The number of halogens is 1. The Morgan fingerprint density at radius 3 is 2.52 bits per heavy atom. The highest BCUT2D eigenvalue weighted by Crippen LogP contribution is 2.26. The van der Waals surface area contributed by atoms with Crippen LogP contribution < -0.4 is 15.0 Å². The van der Waals surface area contributed by atoms with E-state index >= 15 is 0 Å². The van der Waals surface area contributed by atoms with Crippen LogP contribution in [0.5, 0.6) is 5.75 Å². The van der Waals surface area contributed by atoms with Gasteiger partial charge in [-0.1, -0.05) is 26.0 Å². The Morgan fingerprint density at radius 1 is 1.26 bits per heavy atom. The molecule has 2 heterocycles. The summed E-state index contributed by atoms with van der Waals surface area (Å²) in [7, 11) is 3.52. The highest BCUT2D eigenvalue weighted by atomic mass is 127. The molecule has 0 bridgehead atoms. The standard InChI is InChI=1S/C22H32N6O2.HI/c1-6-23-21(24-16-22(2,3)17-7-9-19(30-5)10-8-17)27-11-12-28(20(29)15-27)18-13-25-26(4)14-18;/h7-10,13-14H,6,11-12,15-16H2,1-5H3,(H,23,24);1H. The van der Waals surface area contributed by atoms with Crippen LogP contribution in [-0.4, -0.2) is 66.4 Å². The first-order chi connectivity index (χ1) is 14.3. The zero-order chi connectivity index (χ0) is 21.7. The van der Waals surface area contributed by atoms with Crippen LogP contribution in [0.1, 0.15) is 26.3 Å². The van der Waals surface area contributed by atoms with Crippen molar-refractivity contribution in [2.45, 2.75) is 26.2 Å². The second-order valence-electron chi connectivity index (χ2n) is 8.12. The van der Waals surface area contributed by atoms with Gasteiger partial charge in [-0.15, -0.1) is 24.0 Å². The predicted molar refractivity (Wildman–Crippen MR) is 135 cm³/mol. The molecule has 31 heavy (non-hydrogen) atoms. The van der Waals surface area contributed by atoms with E-state index in [4.69, 9.17) is 9.73 Å². The summed E-state index contributed by atoms with van der Waals surface area (Å²) in [5.74, 6) is 1.67. The Hall–Kier alpha value is -2.30. The van der Waals surface area contributed by atoms with Crippen LogP contribution in [0.3, 0.4) is 0 Å². The van der Waals surface area contributed by atoms with Gasteiger partial charge in [-0.3, -0.25) is 14.5 Å². The Kier molecular flexibility index (Phi) is 8.72. The number of hydrogen-bond donors (Lipinski definition) is 1. The third-order valence-corrected chi connectivity index (χ3v) is 5.35. The number of carbonyl (C=O) groups excluding carboxylic acids is 1. The molecule has 0 saturated carbocycles. The number of carbonyl (C=O) groups is 1. The van der Waals surface area contributed by atoms with Crippen LogP contribution in [0.2, 0.25) is 0 Å². The molecular weight excluding hydrogens is 507 g/mol. The lowest BCUT2D eigenvalue weighted by atomic mass is 9.85. The number of nitrogens with zero attached hydrogens (tertiary/aromatic N) is 5. The van der Waals surface area contributed by atoms with Crippen molar-refractivity contribution in [3.05, 3.63) is 42.2 Å². The average molecular weight is 540 g/mol. The summed E-state index contributed by atoms with van der Waals surface area (Å²) < 4.78 is 6.97. The van der Waals surface area contributed by atoms with Crippen molar-refractivity contribution in [3.8, 4) is 5.75 Å². The van der Waals surface area contributed by atoms with Crippen LogP contribution in [0.4, 0.5) is 5.69 Å². The minimum Gasteiger partial charge on any atom is -0.497 e. The number of piperazine rings is 1. The molecule has 0 unspecified atom stereocenters. The van der Waals surface area contributed by atoms with E-state index in [1.54, 1.807) is 22.9 Å². The minimum atomic E-state index is -0.144. The van der Waals surface area contributed by atoms with Crippen molar-refractivity contribution in [1.29, 1.82) is 0 Å². The molecule has 1 aliphatic heterocycles. The highest BCUT2D eigenvalue weighted by Gasteiger charge is 2.28. The zero-order valence-corrected chi connectivity index (χ0v) is 21.3. The highest BCUT2D eigenvalue weighted by molar-refractivity contribution is 14.0. The molecule has 1 aromatic heterocycles. The first-order valence-corrected chi connectivity index (χ1v) is 10.3. The fourth-order valence-electron chi connectivity index (χ4n) is 3.51. The Balaban J connectivity index is 0.00000341. The van der Waals surface area contributed by atoms with E-state index in [9.17, 15) is 4.79 Å². The molecule has 0 aliphatic carbocycles. The summed E-state index contributed by atoms with van der Waals surface area (Å²) in [6, 6.07) is 8.11. The third-order valence-electron chi connectivity index (χ3n) is 5.35. The number of rotatable bonds is 6. The molecule has 0 atom stereocenters. The topological polar surface area (TPSA) is 75.0 Å². The maximum absolute atomic E-state index is 12.8. The third kappa shape index (κ3) is 6.11. The molecule has 9 heteroatoms. The molecule has 8 nitrogen and oxygen atoms in total. The van der Waals surface area contributed by atoms with E-state index in [0.717, 1.165) is 30.5 Å². The predicted octanol–water partition coefficient (Wildman–Crippen LogP) is 2.64. The molecule has 1 amide bonds. The quantitative estimate of drug-likeness (QED) is 0.347. The zero-order valence-electron chi connectivity index (χ0n) is 19.0. The van der Waals surface area contributed by atoms with Gasteiger partial charge in [-0.25, -0.2) is 0 Å². The van der Waals surface area contributed by atoms with Crippen molar-refractivity contribution in [3.63, 3.8) is 0 Å². The summed E-state index contributed by atoms with van der Waals surface area (Å²) in [5.41, 5.74) is 1.89. The van der Waals surface area contributed by atoms with Gasteiger partial charge >= 0.3 is 0 Å². The van der Waals surface area contributed by atoms with E-state index in [1.807, 2.05) is 37.2 Å². The van der Waals surface area contributed by atoms with E-state index < -0.39 is 0 Å². The second kappa shape index (κ2) is 10.8. The SMILES string of the molecule is CCNC(=NCC(C)(C)c1ccc(OC)cc1)N1CCN(c2cnn(C)c2)C(=O)C1.I. The molecule has 1 aromatic carbocycles. The van der Waals surface area contributed by atoms with Crippen LogP contribution in [0, 0.1) is 0 Å². The van der Waals surface area contributed by atoms with E-state index in [0.29, 0.717) is 19.6 Å². The molecular formula is C22H33IN6O2. The average Bonchev–Trinajstić information content (AvgIpc) is 3.17. The summed E-state index contributed by atoms with van der Waals surface area (Å²) in [6.45, 7) is 9.37. The largest absolute Gasteiger partial charge is 0.497 e. The molecule has 1 aliphatic rings. The lowest BCUT2D eigenvalue weighted by Crippen LogP contribution is -2.55. The first kappa shape index (κ1) is 25.0. The second-order valence-corrected chi connectivity index (χ2v) is 8.12. The number of methoxy groups -OCH3 is 1. The monoisotopic (exact) mass is 540 g/mol. The minimum absolute atomic E-state index is 0. The van der Waals surface area contributed by atoms with Gasteiger partial charge in [-0.05, 0) is 24.6 Å². The number of guanidine groups is 1. The van der Waals surface area contributed by atoms with Gasteiger partial charge in [0, 0.05) is 38.3 Å². The molecule has 1 fully saturated rings. The fraction of sp³-hybridized carbons (Fsp3) is 0.500. The lowest BCUT2D eigenvalue weighted by molar-refractivity contribution is -0.120. The Morgan fingerprint density at radius 2 is 1.97 bits per heavy atom. The molecule has 2 aromatic rings. The number of hydrogen-bond acceptors (Lipinski definition) is 4. The number of anilines is 1. The maximum atomic E-state index is 12.8. The van der Waals surface area contributed by atoms with Crippen molar-refractivity contribution < 1.29 is 9.53 Å². The first-order valence-electron chi connectivity index (χ1n) is 10.3. The number of amides is 1. The van der Waals surface area contributed by atoms with Crippen LogP contribution in [0.15, 0.2) is 41.7 Å². The van der Waals surface area contributed by atoms with Crippen LogP contribution >= 0.6 is 24.0 Å². The van der Waals surface area contributed by atoms with Gasteiger partial charge in [-0.2, -0.15) is 5.10 Å². The number of ether oxygens (including phenoxy) is 1. The molecule has 1 saturated heterocycles. The smallest absolute Gasteiger partial charge is 0.246 e. The number of aliphatic imine (C=N–C) groups is 1. The van der Waals surface area contributed by atoms with Gasteiger partial charge in [0.05, 0.1) is 25.5 Å². The molecule has 0 radical (unpaired) electrons. The molecule has 3 rings (SSSR count). The number of benzene rings is 1. The van der Waals surface area contributed by atoms with Crippen LogP contribution in [0.25, 0.3) is 0 Å². The van der Waals surface area contributed by atoms with Gasteiger partial charge in [0.15, 0.2) is 5.96 Å². The Labute approximate surface area is 201 Å². The van der Waals surface area contributed by atoms with E-state index in [2.05, 4.69) is 36.4 Å². The van der Waals surface area contributed by atoms with Crippen LogP contribution in [-0.2, 0) is 17.3 Å². The van der Waals surface area contributed by atoms with Crippen molar-refractivity contribution in [2.24, 2.45) is 12.0 Å². The summed E-state index contributed by atoms with van der Waals surface area (Å²) >= 11 is 0. The van der Waals surface area contributed by atoms with E-state index in [1.165, 1.54) is 5.56 Å². The molecule has 1 N–H and O–H groups in total. The summed E-state index contributed by atoms with van der Waals surface area (Å²) in [5, 5.41) is 7.51. The van der Waals surface area contributed by atoms with Gasteiger partial charge in [0.25, 0.3) is 0 Å². The van der Waals surface area contributed by atoms with Crippen molar-refractivity contribution in [1.82, 2.24) is 20.0 Å². The number of aryl methyl sites for hydroxylation is 1. The van der Waals surface area contributed by atoms with Crippen molar-refractivity contribution >= 4 is 41.5 Å². The van der Waals surface area contributed by atoms with Gasteiger partial charge in [0.1, 0.15) is 12.3 Å². The fourth-order valence-corrected chi connectivity index (χ4v) is 3.51. The number of aromatic nitrogens is 2. The lowest BCUT2D eigenvalue weighted by Gasteiger charge is -2.36. The number of nitrogens with one attached hydrogen (secondary N) is 1. The summed E-state index contributed by atoms with van der Waals surface area (Å²) in [4.78, 5) is 21.5. The maximum Gasteiger partial charge on any atom is 0.246 e. The normalized spacial score (nSPS) is 15.0. The molecule has 170 valence electrons. The van der Waals surface area contributed by atoms with E-state index in [-0.39, 0.29) is 35.3 Å². The summed E-state index contributed by atoms with van der Waals surface area (Å²) in [6.07, 6.45) is 3.59.